The van der Waals surface area contributed by atoms with Crippen molar-refractivity contribution >= 4 is 0 Å². The highest BCUT2D eigenvalue weighted by Crippen LogP contribution is 2.22. The Morgan fingerprint density at radius 1 is 1.53 bits per heavy atom. The van der Waals surface area contributed by atoms with Crippen molar-refractivity contribution in [2.75, 3.05) is 20.2 Å². The quantitative estimate of drug-likeness (QED) is 0.873. The van der Waals surface area contributed by atoms with Crippen LogP contribution in [0.25, 0.3) is 0 Å². The molecule has 0 radical (unpaired) electrons. The molecular weight excluding hydrogens is 221 g/mol. The van der Waals surface area contributed by atoms with Crippen molar-refractivity contribution in [1.82, 2.24) is 4.90 Å². The summed E-state index contributed by atoms with van der Waals surface area (Å²) in [4.78, 5) is 2.13. The van der Waals surface area contributed by atoms with Gasteiger partial charge in [-0.25, -0.2) is 4.39 Å². The molecule has 94 valence electrons. The fourth-order valence-electron chi connectivity index (χ4n) is 2.29. The van der Waals surface area contributed by atoms with Crippen LogP contribution in [0.4, 0.5) is 4.39 Å². The highest BCUT2D eigenvalue weighted by atomic mass is 19.1. The molecule has 1 fully saturated rings. The molecule has 1 aliphatic rings. The largest absolute Gasteiger partial charge is 0.496 e. The van der Waals surface area contributed by atoms with Crippen molar-refractivity contribution in [1.29, 1.82) is 0 Å². The Hall–Kier alpha value is -1.13. The Balaban J connectivity index is 2.08. The van der Waals surface area contributed by atoms with Crippen LogP contribution < -0.4 is 4.74 Å². The van der Waals surface area contributed by atoms with Crippen molar-refractivity contribution < 1.29 is 14.2 Å². The minimum Gasteiger partial charge on any atom is -0.496 e. The number of methoxy groups -OCH3 is 1. The van der Waals surface area contributed by atoms with E-state index in [4.69, 9.17) is 4.74 Å². The van der Waals surface area contributed by atoms with Gasteiger partial charge in [0.2, 0.25) is 0 Å². The first-order valence-corrected chi connectivity index (χ1v) is 5.92. The monoisotopic (exact) mass is 239 g/mol. The zero-order chi connectivity index (χ0) is 12.3. The molecule has 2 rings (SSSR count). The number of hydrogen-bond donors (Lipinski definition) is 1. The van der Waals surface area contributed by atoms with E-state index in [1.165, 1.54) is 12.1 Å². The Bertz CT molecular complexity index is 384. The fraction of sp³-hybridized carbons (Fsp3) is 0.538. The zero-order valence-electron chi connectivity index (χ0n) is 10.0. The maximum atomic E-state index is 13.2. The van der Waals surface area contributed by atoms with Crippen molar-refractivity contribution in [2.24, 2.45) is 0 Å². The third-order valence-electron chi connectivity index (χ3n) is 3.12. The molecule has 3 nitrogen and oxygen atoms in total. The van der Waals surface area contributed by atoms with Gasteiger partial charge in [-0.2, -0.15) is 0 Å². The molecule has 0 aliphatic carbocycles. The van der Waals surface area contributed by atoms with Gasteiger partial charge in [-0.3, -0.25) is 4.90 Å². The van der Waals surface area contributed by atoms with Gasteiger partial charge in [0.25, 0.3) is 0 Å². The van der Waals surface area contributed by atoms with Crippen LogP contribution in [-0.4, -0.2) is 36.3 Å². The molecule has 0 amide bonds. The maximum Gasteiger partial charge on any atom is 0.123 e. The number of rotatable bonds is 3. The van der Waals surface area contributed by atoms with Crippen LogP contribution in [0.1, 0.15) is 18.4 Å². The van der Waals surface area contributed by atoms with E-state index in [0.717, 1.165) is 24.9 Å². The molecule has 4 heteroatoms. The number of hydrogen-bond acceptors (Lipinski definition) is 3. The summed E-state index contributed by atoms with van der Waals surface area (Å²) in [7, 11) is 1.59. The molecule has 1 aromatic rings. The van der Waals surface area contributed by atoms with Crippen molar-refractivity contribution in [3.8, 4) is 5.75 Å². The van der Waals surface area contributed by atoms with E-state index in [9.17, 15) is 9.50 Å². The molecule has 0 bridgehead atoms. The van der Waals surface area contributed by atoms with E-state index >= 15 is 0 Å². The molecule has 1 N–H and O–H groups in total. The summed E-state index contributed by atoms with van der Waals surface area (Å²) in [6, 6.07) is 4.54. The molecule has 0 unspecified atom stereocenters. The lowest BCUT2D eigenvalue weighted by molar-refractivity contribution is 0.0664. The second kappa shape index (κ2) is 5.47. The number of nitrogens with zero attached hydrogens (tertiary/aromatic N) is 1. The molecule has 0 spiro atoms. The van der Waals surface area contributed by atoms with Gasteiger partial charge in [0, 0.05) is 18.7 Å². The third-order valence-corrected chi connectivity index (χ3v) is 3.12. The van der Waals surface area contributed by atoms with Crippen LogP contribution in [0.5, 0.6) is 5.75 Å². The minimum absolute atomic E-state index is 0.252. The lowest BCUT2D eigenvalue weighted by Crippen LogP contribution is -2.37. The first kappa shape index (κ1) is 12.3. The van der Waals surface area contributed by atoms with E-state index < -0.39 is 0 Å². The topological polar surface area (TPSA) is 32.7 Å². The second-order valence-electron chi connectivity index (χ2n) is 4.49. The summed E-state index contributed by atoms with van der Waals surface area (Å²) in [5, 5.41) is 9.59. The normalized spacial score (nSPS) is 21.5. The maximum absolute atomic E-state index is 13.2. The van der Waals surface area contributed by atoms with Crippen LogP contribution in [0.15, 0.2) is 18.2 Å². The molecule has 1 atom stereocenters. The third kappa shape index (κ3) is 3.17. The van der Waals surface area contributed by atoms with Crippen LogP contribution in [0.2, 0.25) is 0 Å². The number of ether oxygens (including phenoxy) is 1. The molecule has 1 heterocycles. The van der Waals surface area contributed by atoms with E-state index in [2.05, 4.69) is 4.90 Å². The average Bonchev–Trinajstić information content (AvgIpc) is 2.29. The highest BCUT2D eigenvalue weighted by molar-refractivity contribution is 5.33. The lowest BCUT2D eigenvalue weighted by Gasteiger charge is -2.30. The summed E-state index contributed by atoms with van der Waals surface area (Å²) in [6.45, 7) is 2.22. The van der Waals surface area contributed by atoms with Gasteiger partial charge in [-0.15, -0.1) is 0 Å². The Kier molecular flexibility index (Phi) is 3.97. The van der Waals surface area contributed by atoms with Crippen molar-refractivity contribution in [3.63, 3.8) is 0 Å². The van der Waals surface area contributed by atoms with Gasteiger partial charge in [-0.05, 0) is 37.6 Å². The number of piperidine rings is 1. The van der Waals surface area contributed by atoms with E-state index in [1.54, 1.807) is 13.2 Å². The number of likely N-dealkylation sites (tertiary alicyclic amines) is 1. The summed E-state index contributed by atoms with van der Waals surface area (Å²) < 4.78 is 18.4. The van der Waals surface area contributed by atoms with Gasteiger partial charge >= 0.3 is 0 Å². The summed E-state index contributed by atoms with van der Waals surface area (Å²) >= 11 is 0. The molecule has 0 saturated carbocycles. The molecule has 1 aromatic carbocycles. The first-order valence-electron chi connectivity index (χ1n) is 5.92. The SMILES string of the molecule is COc1ccc(F)cc1CN1CCC[C@H](O)C1. The first-order chi connectivity index (χ1) is 8.19. The van der Waals surface area contributed by atoms with Gasteiger partial charge in [-0.1, -0.05) is 0 Å². The van der Waals surface area contributed by atoms with Gasteiger partial charge in [0.1, 0.15) is 11.6 Å². The average molecular weight is 239 g/mol. The highest BCUT2D eigenvalue weighted by Gasteiger charge is 2.19. The predicted octanol–water partition coefficient (Wildman–Crippen LogP) is 1.79. The van der Waals surface area contributed by atoms with E-state index in [0.29, 0.717) is 18.8 Å². The second-order valence-corrected chi connectivity index (χ2v) is 4.49. The lowest BCUT2D eigenvalue weighted by atomic mass is 10.1. The molecular formula is C13H18FNO2. The van der Waals surface area contributed by atoms with Crippen molar-refractivity contribution in [2.45, 2.75) is 25.5 Å². The number of benzene rings is 1. The smallest absolute Gasteiger partial charge is 0.123 e. The van der Waals surface area contributed by atoms with Gasteiger partial charge in [0.15, 0.2) is 0 Å². The zero-order valence-corrected chi connectivity index (χ0v) is 10.0. The molecule has 1 aliphatic heterocycles. The molecule has 0 aromatic heterocycles. The number of halogens is 1. The van der Waals surface area contributed by atoms with Crippen LogP contribution in [-0.2, 0) is 6.54 Å². The van der Waals surface area contributed by atoms with E-state index in [1.807, 2.05) is 0 Å². The van der Waals surface area contributed by atoms with Gasteiger partial charge < -0.3 is 9.84 Å². The standard InChI is InChI=1S/C13H18FNO2/c1-17-13-5-4-11(14)7-10(13)8-15-6-2-3-12(16)9-15/h4-5,7,12,16H,2-3,6,8-9H2,1H3/t12-/m0/s1. The number of aliphatic hydroxyl groups excluding tert-OH is 1. The van der Waals surface area contributed by atoms with Gasteiger partial charge in [0.05, 0.1) is 13.2 Å². The predicted molar refractivity (Wildman–Crippen MR) is 63.5 cm³/mol. The molecule has 1 saturated heterocycles. The number of β-amino-alcohol motifs (C(OH)–C–C–N with tert-alkyl or cyclic N) is 1. The fourth-order valence-corrected chi connectivity index (χ4v) is 2.29. The number of aliphatic hydroxyl groups is 1. The van der Waals surface area contributed by atoms with Crippen molar-refractivity contribution in [3.05, 3.63) is 29.6 Å². The van der Waals surface area contributed by atoms with E-state index in [-0.39, 0.29) is 11.9 Å². The Labute approximate surface area is 101 Å². The van der Waals surface area contributed by atoms with Crippen LogP contribution in [0.3, 0.4) is 0 Å². The summed E-state index contributed by atoms with van der Waals surface area (Å²) in [6.07, 6.45) is 1.58. The summed E-state index contributed by atoms with van der Waals surface area (Å²) in [5.74, 6) is 0.449. The molecule has 17 heavy (non-hydrogen) atoms. The Morgan fingerprint density at radius 3 is 3.06 bits per heavy atom. The minimum atomic E-state index is -0.261. The van der Waals surface area contributed by atoms with Crippen LogP contribution >= 0.6 is 0 Å². The Morgan fingerprint density at radius 2 is 2.35 bits per heavy atom. The van der Waals surface area contributed by atoms with Crippen LogP contribution in [0, 0.1) is 5.82 Å². The summed E-state index contributed by atoms with van der Waals surface area (Å²) in [5.41, 5.74) is 0.835.